The molecule has 0 saturated carbocycles. The number of alkyl halides is 3. The predicted molar refractivity (Wildman–Crippen MR) is 58.6 cm³/mol. The molecule has 0 N–H and O–H groups in total. The van der Waals surface area contributed by atoms with Gasteiger partial charge in [0.25, 0.3) is 0 Å². The number of carbonyl (C=O) groups excluding carboxylic acids is 1. The van der Waals surface area contributed by atoms with Crippen LogP contribution in [-0.4, -0.2) is 22.4 Å². The molecule has 0 fully saturated rings. The monoisotopic (exact) mass is 264 g/mol. The number of aryl methyl sites for hydroxylation is 2. The minimum absolute atomic E-state index is 0.0648. The van der Waals surface area contributed by atoms with Gasteiger partial charge in [-0.3, -0.25) is 9.00 Å². The van der Waals surface area contributed by atoms with Gasteiger partial charge in [-0.15, -0.1) is 0 Å². The topological polar surface area (TPSA) is 34.1 Å². The van der Waals surface area contributed by atoms with Crippen LogP contribution < -0.4 is 0 Å². The molecule has 1 aromatic rings. The van der Waals surface area contributed by atoms with Crippen molar-refractivity contribution in [3.05, 3.63) is 28.8 Å². The fourth-order valence-electron chi connectivity index (χ4n) is 1.45. The summed E-state index contributed by atoms with van der Waals surface area (Å²) in [7, 11) is -2.17. The molecule has 0 heterocycles. The Kier molecular flexibility index (Phi) is 4.08. The average Bonchev–Trinajstić information content (AvgIpc) is 2.14. The van der Waals surface area contributed by atoms with E-state index in [9.17, 15) is 22.2 Å². The third-order valence-corrected chi connectivity index (χ3v) is 3.75. The highest BCUT2D eigenvalue weighted by molar-refractivity contribution is 7.85. The molecule has 0 saturated heterocycles. The molecule has 2 nitrogen and oxygen atoms in total. The molecule has 0 aliphatic carbocycles. The summed E-state index contributed by atoms with van der Waals surface area (Å²) in [5.74, 6) is -1.39. The Hall–Kier alpha value is -1.17. The second-order valence-electron chi connectivity index (χ2n) is 3.70. The predicted octanol–water partition coefficient (Wildman–Crippen LogP) is 2.79. The molecule has 1 atom stereocenters. The Labute approximate surface area is 99.3 Å². The SMILES string of the molecule is Cc1cc(C)c(S(=O)CC(F)(F)F)cc1C=O. The zero-order valence-electron chi connectivity index (χ0n) is 9.30. The van der Waals surface area contributed by atoms with E-state index in [0.717, 1.165) is 0 Å². The van der Waals surface area contributed by atoms with Crippen LogP contribution in [0.15, 0.2) is 17.0 Å². The maximum absolute atomic E-state index is 12.1. The van der Waals surface area contributed by atoms with Crippen molar-refractivity contribution < 1.29 is 22.2 Å². The largest absolute Gasteiger partial charge is 0.400 e. The third kappa shape index (κ3) is 3.66. The Morgan fingerprint density at radius 2 is 1.82 bits per heavy atom. The smallest absolute Gasteiger partial charge is 0.298 e. The first-order valence-electron chi connectivity index (χ1n) is 4.76. The summed E-state index contributed by atoms with van der Waals surface area (Å²) in [6, 6.07) is 2.83. The van der Waals surface area contributed by atoms with Crippen molar-refractivity contribution in [2.24, 2.45) is 0 Å². The Bertz CT molecular complexity index is 467. The Morgan fingerprint density at radius 3 is 2.29 bits per heavy atom. The first kappa shape index (κ1) is 13.9. The van der Waals surface area contributed by atoms with Crippen molar-refractivity contribution in [3.8, 4) is 0 Å². The second kappa shape index (κ2) is 5.00. The van der Waals surface area contributed by atoms with E-state index in [1.54, 1.807) is 19.9 Å². The van der Waals surface area contributed by atoms with E-state index in [1.165, 1.54) is 6.07 Å². The van der Waals surface area contributed by atoms with Gasteiger partial charge in [0.05, 0.1) is 10.8 Å². The van der Waals surface area contributed by atoms with Gasteiger partial charge in [0, 0.05) is 10.5 Å². The van der Waals surface area contributed by atoms with Crippen molar-refractivity contribution in [3.63, 3.8) is 0 Å². The van der Waals surface area contributed by atoms with Gasteiger partial charge in [0.2, 0.25) is 0 Å². The minimum atomic E-state index is -4.48. The van der Waals surface area contributed by atoms with Crippen LogP contribution in [0.4, 0.5) is 13.2 Å². The number of aldehydes is 1. The lowest BCUT2D eigenvalue weighted by molar-refractivity contribution is -0.105. The normalized spacial score (nSPS) is 13.5. The summed E-state index contributed by atoms with van der Waals surface area (Å²) < 4.78 is 47.9. The maximum atomic E-state index is 12.1. The fourth-order valence-corrected chi connectivity index (χ4v) is 2.58. The van der Waals surface area contributed by atoms with E-state index >= 15 is 0 Å². The lowest BCUT2D eigenvalue weighted by atomic mass is 10.1. The number of hydrogen-bond donors (Lipinski definition) is 0. The van der Waals surface area contributed by atoms with E-state index in [2.05, 4.69) is 0 Å². The summed E-state index contributed by atoms with van der Waals surface area (Å²) in [5, 5.41) is 0. The van der Waals surface area contributed by atoms with Crippen LogP contribution in [0.2, 0.25) is 0 Å². The van der Waals surface area contributed by atoms with Crippen LogP contribution in [0.3, 0.4) is 0 Å². The van der Waals surface area contributed by atoms with Crippen LogP contribution in [0.1, 0.15) is 21.5 Å². The lowest BCUT2D eigenvalue weighted by Crippen LogP contribution is -2.19. The van der Waals surface area contributed by atoms with Crippen molar-refractivity contribution in [1.82, 2.24) is 0 Å². The van der Waals surface area contributed by atoms with Crippen LogP contribution in [0.25, 0.3) is 0 Å². The van der Waals surface area contributed by atoms with Gasteiger partial charge in [-0.1, -0.05) is 6.07 Å². The highest BCUT2D eigenvalue weighted by Gasteiger charge is 2.31. The van der Waals surface area contributed by atoms with E-state index in [0.29, 0.717) is 17.4 Å². The maximum Gasteiger partial charge on any atom is 0.400 e. The number of hydrogen-bond acceptors (Lipinski definition) is 2. The quantitative estimate of drug-likeness (QED) is 0.787. The molecule has 1 aromatic carbocycles. The highest BCUT2D eigenvalue weighted by atomic mass is 32.2. The van der Waals surface area contributed by atoms with Crippen molar-refractivity contribution in [1.29, 1.82) is 0 Å². The zero-order valence-corrected chi connectivity index (χ0v) is 10.1. The van der Waals surface area contributed by atoms with Crippen LogP contribution >= 0.6 is 0 Å². The van der Waals surface area contributed by atoms with Gasteiger partial charge in [0.1, 0.15) is 12.0 Å². The molecular formula is C11H11F3O2S. The Morgan fingerprint density at radius 1 is 1.24 bits per heavy atom. The van der Waals surface area contributed by atoms with Crippen LogP contribution in [0.5, 0.6) is 0 Å². The van der Waals surface area contributed by atoms with Gasteiger partial charge >= 0.3 is 6.18 Å². The molecule has 0 spiro atoms. The molecule has 94 valence electrons. The number of carbonyl (C=O) groups is 1. The average molecular weight is 264 g/mol. The Balaban J connectivity index is 3.14. The van der Waals surface area contributed by atoms with Gasteiger partial charge < -0.3 is 0 Å². The summed E-state index contributed by atoms with van der Waals surface area (Å²) in [4.78, 5) is 10.7. The highest BCUT2D eigenvalue weighted by Crippen LogP contribution is 2.23. The minimum Gasteiger partial charge on any atom is -0.298 e. The fraction of sp³-hybridized carbons (Fsp3) is 0.364. The van der Waals surface area contributed by atoms with Gasteiger partial charge in [-0.25, -0.2) is 0 Å². The molecular weight excluding hydrogens is 253 g/mol. The second-order valence-corrected chi connectivity index (χ2v) is 5.12. The summed E-state index contributed by atoms with van der Waals surface area (Å²) in [5.41, 5.74) is 1.42. The van der Waals surface area contributed by atoms with E-state index in [4.69, 9.17) is 0 Å². The van der Waals surface area contributed by atoms with Crippen LogP contribution in [-0.2, 0) is 10.8 Å². The number of benzene rings is 1. The molecule has 0 radical (unpaired) electrons. The van der Waals surface area contributed by atoms with E-state index < -0.39 is 22.7 Å². The molecule has 17 heavy (non-hydrogen) atoms. The number of halogens is 3. The molecule has 0 aromatic heterocycles. The first-order chi connectivity index (χ1) is 7.74. The molecule has 6 heteroatoms. The lowest BCUT2D eigenvalue weighted by Gasteiger charge is -2.10. The molecule has 1 rings (SSSR count). The molecule has 0 aliphatic heterocycles. The summed E-state index contributed by atoms with van der Waals surface area (Å²) >= 11 is 0. The van der Waals surface area contributed by atoms with Gasteiger partial charge in [-0.05, 0) is 31.0 Å². The molecule has 0 aliphatic rings. The molecule has 0 amide bonds. The first-order valence-corrected chi connectivity index (χ1v) is 6.08. The van der Waals surface area contributed by atoms with E-state index in [1.807, 2.05) is 0 Å². The summed E-state index contributed by atoms with van der Waals surface area (Å²) in [6.07, 6.45) is -3.94. The third-order valence-electron chi connectivity index (χ3n) is 2.23. The standard InChI is InChI=1S/C11H11F3O2S/c1-7-3-8(2)10(4-9(7)5-15)17(16)6-11(12,13)14/h3-5H,6H2,1-2H3. The molecule has 1 unspecified atom stereocenters. The van der Waals surface area contributed by atoms with Crippen molar-refractivity contribution in [2.75, 3.05) is 5.75 Å². The van der Waals surface area contributed by atoms with Crippen LogP contribution in [0, 0.1) is 13.8 Å². The zero-order chi connectivity index (χ0) is 13.2. The van der Waals surface area contributed by atoms with Gasteiger partial charge in [0.15, 0.2) is 0 Å². The van der Waals surface area contributed by atoms with E-state index in [-0.39, 0.29) is 10.5 Å². The number of rotatable bonds is 3. The van der Waals surface area contributed by atoms with Gasteiger partial charge in [-0.2, -0.15) is 13.2 Å². The molecule has 0 bridgehead atoms. The summed E-state index contributed by atoms with van der Waals surface area (Å²) in [6.45, 7) is 3.25. The van der Waals surface area contributed by atoms with Crippen molar-refractivity contribution >= 4 is 17.1 Å². The van der Waals surface area contributed by atoms with Crippen molar-refractivity contribution in [2.45, 2.75) is 24.9 Å².